The van der Waals surface area contributed by atoms with Crippen LogP contribution >= 0.6 is 11.8 Å². The topological polar surface area (TPSA) is 125 Å². The molecule has 3 aliphatic rings. The lowest BCUT2D eigenvalue weighted by Gasteiger charge is -2.61. The van der Waals surface area contributed by atoms with Gasteiger partial charge in [0, 0.05) is 36.3 Å². The molecule has 0 aliphatic heterocycles. The first-order valence-electron chi connectivity index (χ1n) is 12.8. The average molecular weight is 518 g/mol. The third kappa shape index (κ3) is 4.02. The third-order valence-corrected chi connectivity index (χ3v) is 11.0. The number of thioether (sulfide) groups is 1. The normalized spacial score (nSPS) is 40.2. The van der Waals surface area contributed by atoms with Crippen LogP contribution in [0.2, 0.25) is 0 Å². The second kappa shape index (κ2) is 9.31. The van der Waals surface area contributed by atoms with E-state index in [1.54, 1.807) is 13.1 Å². The number of Topliss-reactive ketones (excluding diaryl/α,β-unsaturated/α-hetero) is 1. The fourth-order valence-corrected chi connectivity index (χ4v) is 8.25. The van der Waals surface area contributed by atoms with E-state index in [2.05, 4.69) is 32.3 Å². The summed E-state index contributed by atoms with van der Waals surface area (Å²) >= 11 is 1.09. The van der Waals surface area contributed by atoms with Gasteiger partial charge in [-0.3, -0.25) is 19.0 Å². The van der Waals surface area contributed by atoms with Crippen LogP contribution < -0.4 is 11.3 Å². The van der Waals surface area contributed by atoms with Gasteiger partial charge in [-0.05, 0) is 42.9 Å². The van der Waals surface area contributed by atoms with Crippen molar-refractivity contribution in [2.75, 3.05) is 11.5 Å². The molecule has 0 spiro atoms. The minimum atomic E-state index is -0.706. The van der Waals surface area contributed by atoms with Crippen LogP contribution in [-0.4, -0.2) is 44.4 Å². The highest BCUT2D eigenvalue weighted by Crippen LogP contribution is 2.68. The number of hydrogen-bond acceptors (Lipinski definition) is 8. The number of nitrogens with two attached hydrogens (primary N) is 1. The van der Waals surface area contributed by atoms with Crippen molar-refractivity contribution in [3.8, 4) is 0 Å². The minimum Gasteiger partial charge on any atom is -0.461 e. The molecule has 3 aliphatic carbocycles. The fraction of sp³-hybridized carbons (Fsp3) is 0.704. The molecular weight excluding hydrogens is 478 g/mol. The number of carbonyl (C=O) groups excluding carboxylic acids is 2. The number of anilines is 1. The molecule has 1 heterocycles. The van der Waals surface area contributed by atoms with Gasteiger partial charge in [0.05, 0.1) is 11.9 Å². The van der Waals surface area contributed by atoms with Crippen LogP contribution in [0.5, 0.6) is 0 Å². The summed E-state index contributed by atoms with van der Waals surface area (Å²) in [4.78, 5) is 42.9. The van der Waals surface area contributed by atoms with Gasteiger partial charge in [-0.25, -0.2) is 4.98 Å². The Hall–Kier alpha value is -2.13. The summed E-state index contributed by atoms with van der Waals surface area (Å²) in [7, 11) is 1.57. The zero-order valence-corrected chi connectivity index (χ0v) is 22.8. The van der Waals surface area contributed by atoms with Crippen LogP contribution in [0.15, 0.2) is 28.7 Å². The average Bonchev–Trinajstić information content (AvgIpc) is 3.19. The highest BCUT2D eigenvalue weighted by Gasteiger charge is 2.68. The molecule has 8 nitrogen and oxygen atoms in total. The largest absolute Gasteiger partial charge is 0.461 e. The van der Waals surface area contributed by atoms with E-state index in [4.69, 9.17) is 10.5 Å². The number of aromatic nitrogens is 2. The highest BCUT2D eigenvalue weighted by molar-refractivity contribution is 7.99. The van der Waals surface area contributed by atoms with Gasteiger partial charge in [0.2, 0.25) is 0 Å². The van der Waals surface area contributed by atoms with Crippen LogP contribution in [0.4, 0.5) is 5.82 Å². The Morgan fingerprint density at radius 3 is 2.72 bits per heavy atom. The summed E-state index contributed by atoms with van der Waals surface area (Å²) in [5.41, 5.74) is 3.86. The maximum absolute atomic E-state index is 13.5. The number of nitrogen functional groups attached to an aromatic ring is 1. The first kappa shape index (κ1) is 26.9. The lowest BCUT2D eigenvalue weighted by molar-refractivity contribution is -0.205. The van der Waals surface area contributed by atoms with Crippen molar-refractivity contribution >= 4 is 29.3 Å². The van der Waals surface area contributed by atoms with E-state index in [0.717, 1.165) is 31.0 Å². The molecule has 8 atom stereocenters. The van der Waals surface area contributed by atoms with Crippen molar-refractivity contribution in [3.63, 3.8) is 0 Å². The van der Waals surface area contributed by atoms with Crippen molar-refractivity contribution in [1.29, 1.82) is 0 Å². The van der Waals surface area contributed by atoms with Gasteiger partial charge in [-0.15, -0.1) is 6.58 Å². The Labute approximate surface area is 217 Å². The molecule has 4 rings (SSSR count). The smallest absolute Gasteiger partial charge is 0.316 e. The van der Waals surface area contributed by atoms with E-state index >= 15 is 0 Å². The van der Waals surface area contributed by atoms with Crippen LogP contribution in [-0.2, 0) is 21.4 Å². The SMILES string of the molecule is C=C[C@]1(C)C[C@@H](OC(=O)CSc2nc(N)cc(=O)n2C)[C@]2(C)[C@H](C)CC[C@]3(CCC(=O)[C@H]32)[C@@H](C)[C@@H]1O. The summed E-state index contributed by atoms with van der Waals surface area (Å²) in [5, 5.41) is 11.9. The summed E-state index contributed by atoms with van der Waals surface area (Å²) in [6.07, 6.45) is 3.95. The van der Waals surface area contributed by atoms with E-state index < -0.39 is 29.0 Å². The Bertz CT molecular complexity index is 1140. The highest BCUT2D eigenvalue weighted by atomic mass is 32.2. The number of ketones is 1. The molecule has 9 heteroatoms. The first-order valence-corrected chi connectivity index (χ1v) is 13.8. The number of hydrogen-bond donors (Lipinski definition) is 2. The number of carbonyl (C=O) groups is 2. The molecule has 3 fully saturated rings. The van der Waals surface area contributed by atoms with Crippen LogP contribution in [0.1, 0.15) is 59.8 Å². The van der Waals surface area contributed by atoms with Crippen LogP contribution in [0.3, 0.4) is 0 Å². The standard InChI is InChI=1S/C27H39N3O5S/c1-7-25(4)13-18(35-21(33)14-36-24-29-19(28)12-20(32)30(24)6)26(5)15(2)8-10-27(16(3)23(25)34)11-9-17(31)22(26)27/h7,12,15-16,18,22-23,34H,1,8-11,13-14,28H2,2-6H3/t15-,16+,18-,22+,23+,25-,26+,27+/m1/s1. The van der Waals surface area contributed by atoms with E-state index in [1.807, 2.05) is 6.92 Å². The molecule has 1 aromatic heterocycles. The van der Waals surface area contributed by atoms with E-state index in [1.165, 1.54) is 10.6 Å². The summed E-state index contributed by atoms with van der Waals surface area (Å²) in [6.45, 7) is 12.4. The first-order chi connectivity index (χ1) is 16.8. The molecular formula is C27H39N3O5S. The Morgan fingerprint density at radius 2 is 2.06 bits per heavy atom. The van der Waals surface area contributed by atoms with Gasteiger partial charge in [0.15, 0.2) is 5.16 Å². The van der Waals surface area contributed by atoms with Crippen molar-refractivity contribution < 1.29 is 19.4 Å². The summed E-state index contributed by atoms with van der Waals surface area (Å²) < 4.78 is 7.56. The quantitative estimate of drug-likeness (QED) is 0.264. The molecule has 0 radical (unpaired) electrons. The van der Waals surface area contributed by atoms with Gasteiger partial charge in [0.1, 0.15) is 17.7 Å². The Morgan fingerprint density at radius 1 is 1.36 bits per heavy atom. The lowest BCUT2D eigenvalue weighted by Crippen LogP contribution is -2.63. The fourth-order valence-electron chi connectivity index (χ4n) is 7.48. The molecule has 1 aromatic rings. The predicted octanol–water partition coefficient (Wildman–Crippen LogP) is 3.36. The number of ether oxygens (including phenoxy) is 1. The molecule has 0 unspecified atom stereocenters. The number of esters is 1. The Kier molecular flexibility index (Phi) is 6.96. The van der Waals surface area contributed by atoms with Gasteiger partial charge in [0.25, 0.3) is 5.56 Å². The third-order valence-electron chi connectivity index (χ3n) is 10.0. The monoisotopic (exact) mass is 517 g/mol. The van der Waals surface area contributed by atoms with Crippen LogP contribution in [0.25, 0.3) is 0 Å². The second-order valence-corrected chi connectivity index (χ2v) is 12.7. The van der Waals surface area contributed by atoms with Gasteiger partial charge in [-0.1, -0.05) is 45.5 Å². The summed E-state index contributed by atoms with van der Waals surface area (Å²) in [5.74, 6) is -0.375. The predicted molar refractivity (Wildman–Crippen MR) is 139 cm³/mol. The zero-order chi connectivity index (χ0) is 26.6. The molecule has 0 amide bonds. The lowest BCUT2D eigenvalue weighted by atomic mass is 9.44. The van der Waals surface area contributed by atoms with E-state index in [0.29, 0.717) is 18.0 Å². The molecule has 0 aromatic carbocycles. The number of nitrogens with zero attached hydrogens (tertiary/aromatic N) is 2. The molecule has 3 N–H and O–H groups in total. The molecule has 0 saturated heterocycles. The zero-order valence-electron chi connectivity index (χ0n) is 22.0. The summed E-state index contributed by atoms with van der Waals surface area (Å²) in [6, 6.07) is 1.23. The van der Waals surface area contributed by atoms with Crippen molar-refractivity contribution in [1.82, 2.24) is 9.55 Å². The molecule has 198 valence electrons. The molecule has 3 saturated carbocycles. The Balaban J connectivity index is 1.69. The minimum absolute atomic E-state index is 0.0573. The number of aliphatic hydroxyl groups excluding tert-OH is 1. The number of aliphatic hydroxyl groups is 1. The van der Waals surface area contributed by atoms with Crippen LogP contribution in [0, 0.1) is 34.0 Å². The van der Waals surface area contributed by atoms with Crippen molar-refractivity contribution in [2.45, 2.75) is 77.2 Å². The number of rotatable bonds is 5. The van der Waals surface area contributed by atoms with Crippen molar-refractivity contribution in [3.05, 3.63) is 29.1 Å². The van der Waals surface area contributed by atoms with Gasteiger partial charge >= 0.3 is 5.97 Å². The molecule has 2 bridgehead atoms. The van der Waals surface area contributed by atoms with Crippen molar-refractivity contribution in [2.24, 2.45) is 41.0 Å². The van der Waals surface area contributed by atoms with Gasteiger partial charge < -0.3 is 15.6 Å². The second-order valence-electron chi connectivity index (χ2n) is 11.7. The molecule has 36 heavy (non-hydrogen) atoms. The maximum atomic E-state index is 13.5. The maximum Gasteiger partial charge on any atom is 0.316 e. The van der Waals surface area contributed by atoms with E-state index in [9.17, 15) is 19.5 Å². The van der Waals surface area contributed by atoms with Gasteiger partial charge in [-0.2, -0.15) is 0 Å². The van der Waals surface area contributed by atoms with E-state index in [-0.39, 0.29) is 46.1 Å².